The predicted octanol–water partition coefficient (Wildman–Crippen LogP) is 4.30. The van der Waals surface area contributed by atoms with Crippen LogP contribution in [0, 0.1) is 5.41 Å². The van der Waals surface area contributed by atoms with Crippen molar-refractivity contribution in [2.75, 3.05) is 0 Å². The van der Waals surface area contributed by atoms with Gasteiger partial charge in [0.2, 0.25) is 0 Å². The maximum atomic E-state index is 12.6. The Bertz CT molecular complexity index is 1320. The lowest BCUT2D eigenvalue weighted by molar-refractivity contribution is 0.0576. The van der Waals surface area contributed by atoms with Crippen LogP contribution >= 0.6 is 0 Å². The molecular formula is C27H33N7O2. The van der Waals surface area contributed by atoms with Gasteiger partial charge < -0.3 is 15.4 Å². The number of aromatic amines is 1. The van der Waals surface area contributed by atoms with E-state index in [-0.39, 0.29) is 5.69 Å². The lowest BCUT2D eigenvalue weighted by Crippen LogP contribution is -2.25. The van der Waals surface area contributed by atoms with Gasteiger partial charge in [0.15, 0.2) is 5.82 Å². The first-order chi connectivity index (χ1) is 17.2. The van der Waals surface area contributed by atoms with Crippen molar-refractivity contribution in [2.24, 2.45) is 11.1 Å². The van der Waals surface area contributed by atoms with Crippen molar-refractivity contribution in [3.63, 3.8) is 0 Å². The first-order valence-corrected chi connectivity index (χ1v) is 12.2. The molecule has 0 spiro atoms. The SMILES string of the molecule is CCCCc1nc(C(O)C(C)(C)C)c(C(N)=O)n1Cc1ccc(-c2ccccc2-c2nnn[nH]2)cc1. The number of nitrogens with zero attached hydrogens (tertiary/aromatic N) is 5. The summed E-state index contributed by atoms with van der Waals surface area (Å²) in [6, 6.07) is 16.0. The number of carbonyl (C=O) groups is 1. The van der Waals surface area contributed by atoms with Crippen LogP contribution in [-0.2, 0) is 13.0 Å². The molecule has 1 atom stereocenters. The highest BCUT2D eigenvalue weighted by Crippen LogP contribution is 2.35. The third-order valence-electron chi connectivity index (χ3n) is 6.27. The number of H-pyrrole nitrogens is 1. The van der Waals surface area contributed by atoms with Gasteiger partial charge in [-0.25, -0.2) is 10.1 Å². The lowest BCUT2D eigenvalue weighted by Gasteiger charge is -2.25. The van der Waals surface area contributed by atoms with E-state index in [4.69, 9.17) is 10.7 Å². The number of aromatic nitrogens is 6. The molecule has 0 bridgehead atoms. The van der Waals surface area contributed by atoms with E-state index in [0.717, 1.165) is 40.9 Å². The minimum absolute atomic E-state index is 0.274. The van der Waals surface area contributed by atoms with Crippen LogP contribution in [-0.4, -0.2) is 41.2 Å². The molecule has 4 aromatic rings. The van der Waals surface area contributed by atoms with Gasteiger partial charge in [-0.2, -0.15) is 0 Å². The Hall–Kier alpha value is -3.85. The number of nitrogens with two attached hydrogens (primary N) is 1. The summed E-state index contributed by atoms with van der Waals surface area (Å²) in [5.74, 6) is 0.774. The van der Waals surface area contributed by atoms with Crippen LogP contribution in [0.25, 0.3) is 22.5 Å². The number of carbonyl (C=O) groups excluding carboxylic acids is 1. The molecule has 0 saturated heterocycles. The predicted molar refractivity (Wildman–Crippen MR) is 138 cm³/mol. The van der Waals surface area contributed by atoms with E-state index in [1.165, 1.54) is 0 Å². The van der Waals surface area contributed by atoms with E-state index >= 15 is 0 Å². The molecular weight excluding hydrogens is 454 g/mol. The fraction of sp³-hybridized carbons (Fsp3) is 0.370. The molecule has 4 N–H and O–H groups in total. The van der Waals surface area contributed by atoms with Crippen molar-refractivity contribution >= 4 is 5.91 Å². The minimum Gasteiger partial charge on any atom is -0.386 e. The maximum absolute atomic E-state index is 12.6. The molecule has 1 unspecified atom stereocenters. The molecule has 9 heteroatoms. The van der Waals surface area contributed by atoms with Crippen LogP contribution in [0.2, 0.25) is 0 Å². The molecule has 0 fully saturated rings. The van der Waals surface area contributed by atoms with Crippen molar-refractivity contribution in [1.82, 2.24) is 30.2 Å². The van der Waals surface area contributed by atoms with E-state index < -0.39 is 17.4 Å². The van der Waals surface area contributed by atoms with Gasteiger partial charge in [0.05, 0.1) is 0 Å². The van der Waals surface area contributed by atoms with Crippen LogP contribution in [0.5, 0.6) is 0 Å². The van der Waals surface area contributed by atoms with Gasteiger partial charge >= 0.3 is 0 Å². The smallest absolute Gasteiger partial charge is 0.267 e. The van der Waals surface area contributed by atoms with Crippen molar-refractivity contribution in [2.45, 2.75) is 59.6 Å². The van der Waals surface area contributed by atoms with Crippen LogP contribution < -0.4 is 5.73 Å². The largest absolute Gasteiger partial charge is 0.386 e. The third-order valence-corrected chi connectivity index (χ3v) is 6.27. The van der Waals surface area contributed by atoms with Crippen LogP contribution in [0.1, 0.15) is 74.2 Å². The maximum Gasteiger partial charge on any atom is 0.267 e. The molecule has 36 heavy (non-hydrogen) atoms. The van der Waals surface area contributed by atoms with Gasteiger partial charge in [-0.15, -0.1) is 5.10 Å². The summed E-state index contributed by atoms with van der Waals surface area (Å²) < 4.78 is 1.87. The normalized spacial score (nSPS) is 12.6. The van der Waals surface area contributed by atoms with Gasteiger partial charge in [0.25, 0.3) is 5.91 Å². The summed E-state index contributed by atoms with van der Waals surface area (Å²) in [5, 5.41) is 25.2. The number of amides is 1. The first-order valence-electron chi connectivity index (χ1n) is 12.2. The number of aryl methyl sites for hydroxylation is 1. The highest BCUT2D eigenvalue weighted by molar-refractivity contribution is 5.92. The average Bonchev–Trinajstić information content (AvgIpc) is 3.51. The van der Waals surface area contributed by atoms with Gasteiger partial charge in [-0.3, -0.25) is 4.79 Å². The van der Waals surface area contributed by atoms with E-state index in [2.05, 4.69) is 27.5 Å². The van der Waals surface area contributed by atoms with Crippen molar-refractivity contribution in [3.8, 4) is 22.5 Å². The number of rotatable bonds is 9. The molecule has 1 amide bonds. The Morgan fingerprint density at radius 1 is 1.11 bits per heavy atom. The zero-order valence-electron chi connectivity index (χ0n) is 21.2. The zero-order chi connectivity index (χ0) is 25.9. The Labute approximate surface area is 210 Å². The number of benzene rings is 2. The molecule has 0 saturated carbocycles. The van der Waals surface area contributed by atoms with Crippen LogP contribution in [0.3, 0.4) is 0 Å². The number of imidazole rings is 1. The molecule has 4 rings (SSSR count). The highest BCUT2D eigenvalue weighted by atomic mass is 16.3. The zero-order valence-corrected chi connectivity index (χ0v) is 21.2. The summed E-state index contributed by atoms with van der Waals surface area (Å²) in [7, 11) is 0. The Morgan fingerprint density at radius 2 is 1.81 bits per heavy atom. The molecule has 0 aliphatic carbocycles. The summed E-state index contributed by atoms with van der Waals surface area (Å²) >= 11 is 0. The summed E-state index contributed by atoms with van der Waals surface area (Å²) in [6.45, 7) is 8.28. The number of tetrazole rings is 1. The van der Waals surface area contributed by atoms with Gasteiger partial charge in [0, 0.05) is 18.5 Å². The van der Waals surface area contributed by atoms with E-state index in [9.17, 15) is 9.90 Å². The van der Waals surface area contributed by atoms with Gasteiger partial charge in [-0.1, -0.05) is 82.6 Å². The van der Waals surface area contributed by atoms with Gasteiger partial charge in [-0.05, 0) is 39.0 Å². The fourth-order valence-corrected chi connectivity index (χ4v) is 4.26. The Kier molecular flexibility index (Phi) is 7.30. The van der Waals surface area contributed by atoms with E-state index in [1.807, 2.05) is 73.9 Å². The first kappa shape index (κ1) is 25.2. The quantitative estimate of drug-likeness (QED) is 0.322. The number of hydrogen-bond donors (Lipinski definition) is 3. The standard InChI is InChI=1S/C27H33N7O2/c1-5-6-11-21-29-22(24(35)27(2,3)4)23(25(28)36)34(21)16-17-12-14-18(15-13-17)19-9-7-8-10-20(19)26-30-32-33-31-26/h7-10,12-15,24,35H,5-6,11,16H2,1-4H3,(H2,28,36)(H,30,31,32,33). The Balaban J connectivity index is 1.70. The topological polar surface area (TPSA) is 136 Å². The monoisotopic (exact) mass is 487 g/mol. The molecule has 9 nitrogen and oxygen atoms in total. The van der Waals surface area contributed by atoms with E-state index in [1.54, 1.807) is 0 Å². The molecule has 2 heterocycles. The fourth-order valence-electron chi connectivity index (χ4n) is 4.26. The number of primary amides is 1. The number of aliphatic hydroxyl groups excluding tert-OH is 1. The molecule has 0 aliphatic rings. The van der Waals surface area contributed by atoms with Gasteiger partial charge in [0.1, 0.15) is 23.3 Å². The lowest BCUT2D eigenvalue weighted by atomic mass is 9.86. The molecule has 0 radical (unpaired) electrons. The second-order valence-electron chi connectivity index (χ2n) is 10.1. The van der Waals surface area contributed by atoms with Crippen LogP contribution in [0.15, 0.2) is 48.5 Å². The number of nitrogens with one attached hydrogen (secondary N) is 1. The second-order valence-corrected chi connectivity index (χ2v) is 10.1. The molecule has 2 aromatic carbocycles. The van der Waals surface area contributed by atoms with Crippen LogP contribution in [0.4, 0.5) is 0 Å². The average molecular weight is 488 g/mol. The number of hydrogen-bond acceptors (Lipinski definition) is 6. The van der Waals surface area contributed by atoms with E-state index in [0.29, 0.717) is 24.5 Å². The summed E-state index contributed by atoms with van der Waals surface area (Å²) in [5.41, 5.74) is 9.88. The van der Waals surface area contributed by atoms with Crippen molar-refractivity contribution in [1.29, 1.82) is 0 Å². The molecule has 2 aromatic heterocycles. The number of unbranched alkanes of at least 4 members (excludes halogenated alkanes) is 1. The second kappa shape index (κ2) is 10.4. The number of aliphatic hydroxyl groups is 1. The van der Waals surface area contributed by atoms with Crippen molar-refractivity contribution in [3.05, 3.63) is 71.3 Å². The summed E-state index contributed by atoms with van der Waals surface area (Å²) in [6.07, 6.45) is 1.70. The highest BCUT2D eigenvalue weighted by Gasteiger charge is 2.32. The Morgan fingerprint density at radius 3 is 2.39 bits per heavy atom. The third kappa shape index (κ3) is 5.21. The molecule has 0 aliphatic heterocycles. The summed E-state index contributed by atoms with van der Waals surface area (Å²) in [4.78, 5) is 17.3. The van der Waals surface area contributed by atoms with Crippen molar-refractivity contribution < 1.29 is 9.90 Å². The molecule has 188 valence electrons. The minimum atomic E-state index is -0.911.